The third-order valence-corrected chi connectivity index (χ3v) is 3.27. The summed E-state index contributed by atoms with van der Waals surface area (Å²) in [4.78, 5) is 24.3. The van der Waals surface area contributed by atoms with Crippen molar-refractivity contribution in [3.05, 3.63) is 28.7 Å². The zero-order valence-electron chi connectivity index (χ0n) is 11.2. The Hall–Kier alpha value is -1.40. The first kappa shape index (κ1) is 15.7. The quantitative estimate of drug-likeness (QED) is 0.793. The maximum Gasteiger partial charge on any atom is 0.531 e. The molecule has 0 aliphatic rings. The van der Waals surface area contributed by atoms with Gasteiger partial charge in [0, 0.05) is 6.07 Å². The molecule has 1 aromatic carbocycles. The second-order valence-corrected chi connectivity index (χ2v) is 4.71. The first-order valence-electron chi connectivity index (χ1n) is 5.94. The maximum absolute atomic E-state index is 12.2. The van der Waals surface area contributed by atoms with Crippen LogP contribution in [-0.4, -0.2) is 32.4 Å². The number of imide groups is 1. The number of nitrogens with zero attached hydrogens (tertiary/aromatic N) is 1. The molecule has 0 saturated heterocycles. The number of amides is 2. The average molecular weight is 331 g/mol. The molecule has 0 N–H and O–H groups in total. The molecule has 0 radical (unpaired) electrons. The van der Waals surface area contributed by atoms with Crippen molar-refractivity contribution < 1.29 is 19.1 Å². The van der Waals surface area contributed by atoms with Crippen LogP contribution in [0.2, 0.25) is 0 Å². The molecule has 104 valence electrons. The van der Waals surface area contributed by atoms with Crippen LogP contribution in [0.15, 0.2) is 28.7 Å². The van der Waals surface area contributed by atoms with Crippen molar-refractivity contribution in [2.45, 2.75) is 13.8 Å². The topological polar surface area (TPSA) is 52.6 Å². The summed E-state index contributed by atoms with van der Waals surface area (Å²) in [5.41, 5.74) is 0.472. The lowest BCUT2D eigenvalue weighted by atomic mass is 10.2. The molecule has 0 spiro atoms. The van der Waals surface area contributed by atoms with Gasteiger partial charge in [0.15, 0.2) is 5.69 Å². The smallest absolute Gasteiger partial charge is 0.420 e. The van der Waals surface area contributed by atoms with Gasteiger partial charge in [-0.3, -0.25) is 0 Å². The molecule has 0 aliphatic carbocycles. The largest absolute Gasteiger partial charge is 0.531 e. The summed E-state index contributed by atoms with van der Waals surface area (Å²) in [6.07, 6.45) is -1.35. The SMILES string of the molecule is CCOC(=O)[N+](C)(C(=O)OCC)c1ccccc1Br. The Kier molecular flexibility index (Phi) is 5.50. The fraction of sp³-hybridized carbons (Fsp3) is 0.385. The number of hydrogen-bond acceptors (Lipinski definition) is 4. The molecule has 0 aromatic heterocycles. The Morgan fingerprint density at radius 1 is 1.11 bits per heavy atom. The van der Waals surface area contributed by atoms with E-state index in [2.05, 4.69) is 15.9 Å². The Balaban J connectivity index is 3.30. The molecular weight excluding hydrogens is 314 g/mol. The van der Waals surface area contributed by atoms with Crippen molar-refractivity contribution in [3.63, 3.8) is 0 Å². The van der Waals surface area contributed by atoms with E-state index in [1.165, 1.54) is 7.05 Å². The summed E-state index contributed by atoms with van der Waals surface area (Å²) >= 11 is 3.34. The highest BCUT2D eigenvalue weighted by Crippen LogP contribution is 2.32. The molecule has 1 rings (SSSR count). The summed E-state index contributed by atoms with van der Waals surface area (Å²) in [6, 6.07) is 6.98. The van der Waals surface area contributed by atoms with Crippen LogP contribution in [0.4, 0.5) is 15.3 Å². The summed E-state index contributed by atoms with van der Waals surface area (Å²) in [7, 11) is 1.45. The van der Waals surface area contributed by atoms with E-state index in [0.29, 0.717) is 10.2 Å². The van der Waals surface area contributed by atoms with E-state index >= 15 is 0 Å². The summed E-state index contributed by atoms with van der Waals surface area (Å²) in [5.74, 6) is 0. The summed E-state index contributed by atoms with van der Waals surface area (Å²) in [6.45, 7) is 3.76. The van der Waals surface area contributed by atoms with E-state index in [9.17, 15) is 9.59 Å². The minimum Gasteiger partial charge on any atom is -0.420 e. The van der Waals surface area contributed by atoms with Crippen molar-refractivity contribution in [2.75, 3.05) is 20.3 Å². The normalized spacial score (nSPS) is 10.9. The summed E-state index contributed by atoms with van der Waals surface area (Å²) < 4.78 is 9.94. The molecule has 2 amide bonds. The second-order valence-electron chi connectivity index (χ2n) is 3.86. The number of rotatable bonds is 3. The standard InChI is InChI=1S/C13H17BrNO4/c1-4-18-12(16)15(3,13(17)19-5-2)11-9-7-6-8-10(11)14/h6-9H,4-5H2,1-3H3/q+1. The zero-order chi connectivity index (χ0) is 14.5. The van der Waals surface area contributed by atoms with Gasteiger partial charge in [0.1, 0.15) is 0 Å². The lowest BCUT2D eigenvalue weighted by Gasteiger charge is -2.26. The molecule has 6 heteroatoms. The average Bonchev–Trinajstić information content (AvgIpc) is 2.39. The molecule has 0 saturated carbocycles. The van der Waals surface area contributed by atoms with Crippen LogP contribution in [0, 0.1) is 0 Å². The number of hydrogen-bond donors (Lipinski definition) is 0. The fourth-order valence-electron chi connectivity index (χ4n) is 1.59. The molecule has 1 aromatic rings. The van der Waals surface area contributed by atoms with Crippen LogP contribution in [0.25, 0.3) is 0 Å². The Morgan fingerprint density at radius 3 is 2.00 bits per heavy atom. The van der Waals surface area contributed by atoms with Gasteiger partial charge in [-0.05, 0) is 35.8 Å². The first-order chi connectivity index (χ1) is 8.98. The van der Waals surface area contributed by atoms with E-state index in [0.717, 1.165) is 0 Å². The third kappa shape index (κ3) is 3.13. The van der Waals surface area contributed by atoms with Gasteiger partial charge in [-0.15, -0.1) is 0 Å². The highest BCUT2D eigenvalue weighted by atomic mass is 79.9. The number of halogens is 1. The zero-order valence-corrected chi connectivity index (χ0v) is 12.8. The van der Waals surface area contributed by atoms with Crippen LogP contribution >= 0.6 is 15.9 Å². The fourth-order valence-corrected chi connectivity index (χ4v) is 2.23. The van der Waals surface area contributed by atoms with Crippen molar-refractivity contribution >= 4 is 33.8 Å². The second kappa shape index (κ2) is 6.68. The van der Waals surface area contributed by atoms with Gasteiger partial charge in [0.25, 0.3) is 0 Å². The number of para-hydroxylation sites is 1. The van der Waals surface area contributed by atoms with Crippen molar-refractivity contribution in [1.29, 1.82) is 0 Å². The van der Waals surface area contributed by atoms with E-state index < -0.39 is 16.7 Å². The monoisotopic (exact) mass is 330 g/mol. The highest BCUT2D eigenvalue weighted by Gasteiger charge is 2.48. The molecule has 19 heavy (non-hydrogen) atoms. The minimum atomic E-state index is -0.691. The summed E-state index contributed by atoms with van der Waals surface area (Å²) in [5, 5.41) is 0. The van der Waals surface area contributed by atoms with Gasteiger partial charge in [-0.2, -0.15) is 9.59 Å². The van der Waals surface area contributed by atoms with E-state index in [1.54, 1.807) is 38.1 Å². The first-order valence-corrected chi connectivity index (χ1v) is 6.74. The molecule has 0 atom stereocenters. The van der Waals surface area contributed by atoms with Gasteiger partial charge < -0.3 is 9.47 Å². The Bertz CT molecular complexity index is 457. The van der Waals surface area contributed by atoms with E-state index in [4.69, 9.17) is 9.47 Å². The molecule has 0 fully saturated rings. The van der Waals surface area contributed by atoms with Crippen molar-refractivity contribution in [1.82, 2.24) is 4.48 Å². The number of ether oxygens (including phenoxy) is 2. The predicted molar refractivity (Wildman–Crippen MR) is 75.9 cm³/mol. The highest BCUT2D eigenvalue weighted by molar-refractivity contribution is 9.10. The number of quaternary nitrogens is 1. The van der Waals surface area contributed by atoms with Gasteiger partial charge in [0.2, 0.25) is 0 Å². The lowest BCUT2D eigenvalue weighted by molar-refractivity contribution is 0.0904. The lowest BCUT2D eigenvalue weighted by Crippen LogP contribution is -2.56. The van der Waals surface area contributed by atoms with Crippen LogP contribution in [0.3, 0.4) is 0 Å². The van der Waals surface area contributed by atoms with Gasteiger partial charge in [0.05, 0.1) is 24.7 Å². The Labute approximate surface area is 120 Å². The van der Waals surface area contributed by atoms with Gasteiger partial charge >= 0.3 is 12.2 Å². The Morgan fingerprint density at radius 2 is 1.58 bits per heavy atom. The molecular formula is C13H17BrNO4+. The number of benzene rings is 1. The maximum atomic E-state index is 12.2. The van der Waals surface area contributed by atoms with Crippen LogP contribution in [0.1, 0.15) is 13.8 Å². The minimum absolute atomic E-state index is 0.191. The van der Waals surface area contributed by atoms with E-state index in [1.807, 2.05) is 0 Å². The predicted octanol–water partition coefficient (Wildman–Crippen LogP) is 3.70. The van der Waals surface area contributed by atoms with Crippen LogP contribution in [0.5, 0.6) is 0 Å². The van der Waals surface area contributed by atoms with Crippen LogP contribution in [-0.2, 0) is 9.47 Å². The number of carbonyl (C=O) groups excluding carboxylic acids is 2. The molecule has 0 bridgehead atoms. The molecule has 5 nitrogen and oxygen atoms in total. The van der Waals surface area contributed by atoms with Gasteiger partial charge in [-0.1, -0.05) is 16.6 Å². The van der Waals surface area contributed by atoms with Crippen molar-refractivity contribution in [2.24, 2.45) is 0 Å². The molecule has 0 aliphatic heterocycles. The van der Waals surface area contributed by atoms with Crippen molar-refractivity contribution in [3.8, 4) is 0 Å². The van der Waals surface area contributed by atoms with Gasteiger partial charge in [-0.25, -0.2) is 0 Å². The molecule has 0 heterocycles. The van der Waals surface area contributed by atoms with Crippen LogP contribution < -0.4 is 4.48 Å². The third-order valence-electron chi connectivity index (χ3n) is 2.60. The molecule has 0 unspecified atom stereocenters. The number of carbonyl (C=O) groups is 2. The van der Waals surface area contributed by atoms with E-state index in [-0.39, 0.29) is 13.2 Å².